The predicted molar refractivity (Wildman–Crippen MR) is 125 cm³/mol. The highest BCUT2D eigenvalue weighted by Crippen LogP contribution is 2.30. The number of anilines is 2. The fourth-order valence-corrected chi connectivity index (χ4v) is 3.99. The van der Waals surface area contributed by atoms with Gasteiger partial charge >= 0.3 is 12.2 Å². The van der Waals surface area contributed by atoms with E-state index in [2.05, 4.69) is 5.32 Å². The molecule has 4 rings (SSSR count). The summed E-state index contributed by atoms with van der Waals surface area (Å²) in [6, 6.07) is 20.6. The molecule has 0 saturated carbocycles. The molecule has 1 heterocycles. The first-order chi connectivity index (χ1) is 16.2. The van der Waals surface area contributed by atoms with Crippen LogP contribution in [0.5, 0.6) is 0 Å². The van der Waals surface area contributed by atoms with Crippen molar-refractivity contribution in [3.8, 4) is 0 Å². The van der Waals surface area contributed by atoms with E-state index in [-0.39, 0.29) is 17.6 Å². The van der Waals surface area contributed by atoms with Crippen LogP contribution in [0, 0.1) is 0 Å². The van der Waals surface area contributed by atoms with Crippen molar-refractivity contribution in [2.75, 3.05) is 23.3 Å². The third kappa shape index (κ3) is 5.06. The fraction of sp³-hybridized carbons (Fsp3) is 0.231. The highest BCUT2D eigenvalue weighted by Gasteiger charge is 2.31. The van der Waals surface area contributed by atoms with Gasteiger partial charge in [0.05, 0.1) is 11.6 Å². The van der Waals surface area contributed by atoms with Crippen molar-refractivity contribution in [2.45, 2.75) is 25.6 Å². The number of hydrogen-bond donors (Lipinski definition) is 1. The Kier molecular flexibility index (Phi) is 6.58. The zero-order chi connectivity index (χ0) is 24.3. The van der Waals surface area contributed by atoms with Gasteiger partial charge in [-0.1, -0.05) is 30.3 Å². The van der Waals surface area contributed by atoms with Crippen LogP contribution >= 0.6 is 0 Å². The minimum atomic E-state index is -4.45. The van der Waals surface area contributed by atoms with Crippen LogP contribution < -0.4 is 10.2 Å². The molecule has 0 bridgehead atoms. The first-order valence-corrected chi connectivity index (χ1v) is 11.0. The number of halogens is 3. The molecule has 1 atom stereocenters. The van der Waals surface area contributed by atoms with Crippen molar-refractivity contribution in [1.29, 1.82) is 0 Å². The Hall–Kier alpha value is -3.81. The zero-order valence-electron chi connectivity index (χ0n) is 18.5. The second-order valence-corrected chi connectivity index (χ2v) is 8.14. The van der Waals surface area contributed by atoms with E-state index in [9.17, 15) is 22.8 Å². The molecule has 0 spiro atoms. The maximum absolute atomic E-state index is 13.2. The van der Waals surface area contributed by atoms with E-state index in [1.165, 1.54) is 0 Å². The Morgan fingerprint density at radius 2 is 1.56 bits per heavy atom. The molecule has 1 saturated heterocycles. The topological polar surface area (TPSA) is 52.6 Å². The third-order valence-electron chi connectivity index (χ3n) is 5.92. The smallest absolute Gasteiger partial charge is 0.322 e. The summed E-state index contributed by atoms with van der Waals surface area (Å²) in [4.78, 5) is 29.2. The summed E-state index contributed by atoms with van der Waals surface area (Å²) in [6.45, 7) is 3.28. The van der Waals surface area contributed by atoms with E-state index in [0.717, 1.165) is 36.2 Å². The summed E-state index contributed by atoms with van der Waals surface area (Å²) in [7, 11) is 0. The molecular formula is C26H24F3N3O2. The molecule has 34 heavy (non-hydrogen) atoms. The molecule has 3 amide bonds. The second-order valence-electron chi connectivity index (χ2n) is 8.14. The first-order valence-electron chi connectivity index (χ1n) is 11.0. The number of benzene rings is 3. The number of alkyl halides is 3. The molecule has 1 aliphatic rings. The maximum Gasteiger partial charge on any atom is 0.416 e. The van der Waals surface area contributed by atoms with Gasteiger partial charge in [-0.05, 0) is 67.4 Å². The number of amides is 3. The van der Waals surface area contributed by atoms with Gasteiger partial charge in [0.25, 0.3) is 5.91 Å². The Bertz CT molecular complexity index is 1150. The Balaban J connectivity index is 1.42. The number of carbonyl (C=O) groups excluding carboxylic acids is 2. The highest BCUT2D eigenvalue weighted by molar-refractivity contribution is 6.04. The van der Waals surface area contributed by atoms with Crippen LogP contribution in [0.4, 0.5) is 29.3 Å². The monoisotopic (exact) mass is 467 g/mol. The molecule has 1 N–H and O–H groups in total. The Morgan fingerprint density at radius 3 is 2.18 bits per heavy atom. The van der Waals surface area contributed by atoms with E-state index in [1.54, 1.807) is 29.2 Å². The summed E-state index contributed by atoms with van der Waals surface area (Å²) in [6.07, 6.45) is -3.62. The van der Waals surface area contributed by atoms with Crippen molar-refractivity contribution < 1.29 is 22.8 Å². The van der Waals surface area contributed by atoms with Gasteiger partial charge in [-0.25, -0.2) is 4.79 Å². The summed E-state index contributed by atoms with van der Waals surface area (Å²) in [5.41, 5.74) is 1.57. The van der Waals surface area contributed by atoms with Crippen LogP contribution in [0.15, 0.2) is 78.9 Å². The van der Waals surface area contributed by atoms with Gasteiger partial charge in [-0.2, -0.15) is 13.2 Å². The lowest BCUT2D eigenvalue weighted by Crippen LogP contribution is -2.50. The van der Waals surface area contributed by atoms with Gasteiger partial charge in [0.1, 0.15) is 0 Å². The molecule has 0 radical (unpaired) electrons. The summed E-state index contributed by atoms with van der Waals surface area (Å²) in [5, 5.41) is 2.67. The minimum absolute atomic E-state index is 0.0567. The molecule has 8 heteroatoms. The third-order valence-corrected chi connectivity index (χ3v) is 5.92. The summed E-state index contributed by atoms with van der Waals surface area (Å²) >= 11 is 0. The molecule has 5 nitrogen and oxygen atoms in total. The predicted octanol–water partition coefficient (Wildman–Crippen LogP) is 6.35. The van der Waals surface area contributed by atoms with Crippen LogP contribution in [0.3, 0.4) is 0 Å². The van der Waals surface area contributed by atoms with Crippen molar-refractivity contribution in [1.82, 2.24) is 4.90 Å². The number of nitrogens with one attached hydrogen (secondary N) is 1. The lowest BCUT2D eigenvalue weighted by molar-refractivity contribution is -0.137. The summed E-state index contributed by atoms with van der Waals surface area (Å²) < 4.78 is 38.1. The van der Waals surface area contributed by atoms with Gasteiger partial charge in [0.15, 0.2) is 0 Å². The van der Waals surface area contributed by atoms with Gasteiger partial charge in [0, 0.05) is 30.0 Å². The van der Waals surface area contributed by atoms with E-state index in [1.807, 2.05) is 42.2 Å². The molecule has 0 aliphatic carbocycles. The maximum atomic E-state index is 13.2. The van der Waals surface area contributed by atoms with E-state index in [0.29, 0.717) is 24.5 Å². The van der Waals surface area contributed by atoms with Crippen LogP contribution in [0.1, 0.15) is 40.9 Å². The normalized spacial score (nSPS) is 15.2. The van der Waals surface area contributed by atoms with Crippen LogP contribution in [-0.4, -0.2) is 29.9 Å². The number of nitrogens with zero attached hydrogens (tertiary/aromatic N) is 2. The molecule has 1 fully saturated rings. The summed E-state index contributed by atoms with van der Waals surface area (Å²) in [5.74, 6) is -0.515. The standard InChI is InChI=1S/C26H24F3N3O2/c1-18(19-6-3-2-4-7-19)31-16-5-17-32(25(31)34)23-14-12-22(13-15-23)30-24(33)20-8-10-21(11-9-20)26(27,28)29/h2-4,6-15,18H,5,16-17H2,1H3,(H,30,33)/t18-/m0/s1. The average Bonchev–Trinajstić information content (AvgIpc) is 2.84. The largest absolute Gasteiger partial charge is 0.416 e. The number of hydrogen-bond acceptors (Lipinski definition) is 2. The lowest BCUT2D eigenvalue weighted by atomic mass is 10.1. The van der Waals surface area contributed by atoms with E-state index >= 15 is 0 Å². The van der Waals surface area contributed by atoms with E-state index < -0.39 is 17.6 Å². The molecule has 3 aromatic carbocycles. The average molecular weight is 467 g/mol. The van der Waals surface area contributed by atoms with Crippen molar-refractivity contribution in [3.05, 3.63) is 95.6 Å². The van der Waals surface area contributed by atoms with Gasteiger partial charge in [-0.3, -0.25) is 9.69 Å². The van der Waals surface area contributed by atoms with Crippen molar-refractivity contribution in [3.63, 3.8) is 0 Å². The molecular weight excluding hydrogens is 443 g/mol. The highest BCUT2D eigenvalue weighted by atomic mass is 19.4. The van der Waals surface area contributed by atoms with Crippen molar-refractivity contribution >= 4 is 23.3 Å². The molecule has 0 unspecified atom stereocenters. The number of urea groups is 1. The fourth-order valence-electron chi connectivity index (χ4n) is 3.99. The molecule has 0 aromatic heterocycles. The van der Waals surface area contributed by atoms with Gasteiger partial charge in [0.2, 0.25) is 0 Å². The number of rotatable bonds is 5. The number of carbonyl (C=O) groups is 2. The van der Waals surface area contributed by atoms with Gasteiger partial charge in [-0.15, -0.1) is 0 Å². The SMILES string of the molecule is C[C@@H](c1ccccc1)N1CCCN(c2ccc(NC(=O)c3ccc(C(F)(F)F)cc3)cc2)C1=O. The zero-order valence-corrected chi connectivity index (χ0v) is 18.5. The minimum Gasteiger partial charge on any atom is -0.322 e. The van der Waals surface area contributed by atoms with E-state index in [4.69, 9.17) is 0 Å². The first kappa shape index (κ1) is 23.4. The van der Waals surface area contributed by atoms with Crippen LogP contribution in [-0.2, 0) is 6.18 Å². The molecule has 176 valence electrons. The van der Waals surface area contributed by atoms with Gasteiger partial charge < -0.3 is 10.2 Å². The van der Waals surface area contributed by atoms with Crippen LogP contribution in [0.25, 0.3) is 0 Å². The Labute approximate surface area is 195 Å². The van der Waals surface area contributed by atoms with Crippen LogP contribution in [0.2, 0.25) is 0 Å². The quantitative estimate of drug-likeness (QED) is 0.475. The molecule has 3 aromatic rings. The second kappa shape index (κ2) is 9.59. The molecule has 1 aliphatic heterocycles. The van der Waals surface area contributed by atoms with Crippen molar-refractivity contribution in [2.24, 2.45) is 0 Å². The lowest BCUT2D eigenvalue weighted by Gasteiger charge is -2.39. The Morgan fingerprint density at radius 1 is 0.912 bits per heavy atom.